The highest BCUT2D eigenvalue weighted by molar-refractivity contribution is 6.73. The number of hydrogen-bond donors (Lipinski definition) is 1. The Balaban J connectivity index is 1.14. The zero-order valence-corrected chi connectivity index (χ0v) is 37.1. The highest BCUT2D eigenvalue weighted by atomic mass is 16.3. The van der Waals surface area contributed by atoms with E-state index < -0.39 is 0 Å². The molecule has 0 fully saturated rings. The smallest absolute Gasteiger partial charge is 0.244 e. The predicted octanol–water partition coefficient (Wildman–Crippen LogP) is 14.6. The fourth-order valence-corrected chi connectivity index (χ4v) is 9.99. The number of benzene rings is 8. The SMILES string of the molecule is CC(C)(C)c1ccc(Nc2ccc(N(c3ccccc3)c3ccccc3)cc2-c2ccc3c4cc5oc6ccccc6c5cc4n4c3c2Bc2oc3ccc(C(C)(C)C)cc3c2-4)cc1. The lowest BCUT2D eigenvalue weighted by molar-refractivity contribution is 0.590. The van der Waals surface area contributed by atoms with Crippen molar-refractivity contribution in [1.29, 1.82) is 0 Å². The van der Waals surface area contributed by atoms with Crippen LogP contribution in [0, 0.1) is 0 Å². The molecule has 6 heteroatoms. The van der Waals surface area contributed by atoms with E-state index >= 15 is 0 Å². The maximum atomic E-state index is 6.98. The number of hydrogen-bond acceptors (Lipinski definition) is 4. The molecule has 4 heterocycles. The van der Waals surface area contributed by atoms with Crippen LogP contribution in [-0.2, 0) is 10.8 Å². The molecule has 3 aromatic heterocycles. The van der Waals surface area contributed by atoms with E-state index in [9.17, 15) is 0 Å². The second-order valence-electron chi connectivity index (χ2n) is 19.5. The molecule has 0 radical (unpaired) electrons. The van der Waals surface area contributed by atoms with Crippen LogP contribution in [0.5, 0.6) is 0 Å². The Morgan fingerprint density at radius 3 is 1.88 bits per heavy atom. The van der Waals surface area contributed by atoms with E-state index in [-0.39, 0.29) is 10.8 Å². The molecule has 0 atom stereocenters. The van der Waals surface area contributed by atoms with Crippen molar-refractivity contribution >= 4 is 102 Å². The number of fused-ring (bicyclic) bond motifs is 10. The Morgan fingerprint density at radius 2 is 1.16 bits per heavy atom. The zero-order valence-electron chi connectivity index (χ0n) is 37.1. The maximum Gasteiger partial charge on any atom is 0.244 e. The Kier molecular flexibility index (Phi) is 8.39. The quantitative estimate of drug-likeness (QED) is 0.170. The first-order valence-electron chi connectivity index (χ1n) is 22.4. The molecule has 0 saturated heterocycles. The standard InChI is InChI=1S/C58H48BN3O2/c1-57(2,3)35-21-24-37(25-22-35)60-48-29-26-40(61(38-15-9-7-10-16-38)39-17-11-8-12-18-39)32-44(48)42-27-28-43-45-34-52-46(41-19-13-14-20-50(41)63-52)33-49(45)62-54(43)53(42)59-56-55(62)47-31-36(58(4,5)6)23-30-51(47)64-56/h7-34,59-60H,1-6H3. The van der Waals surface area contributed by atoms with Gasteiger partial charge in [0, 0.05) is 66.4 Å². The number of nitrogens with zero attached hydrogens (tertiary/aromatic N) is 2. The molecule has 11 aromatic rings. The van der Waals surface area contributed by atoms with Crippen molar-refractivity contribution in [2.75, 3.05) is 10.2 Å². The largest absolute Gasteiger partial charge is 0.469 e. The van der Waals surface area contributed by atoms with Gasteiger partial charge in [-0.2, -0.15) is 0 Å². The van der Waals surface area contributed by atoms with Crippen molar-refractivity contribution in [3.63, 3.8) is 0 Å². The van der Waals surface area contributed by atoms with Gasteiger partial charge in [0.05, 0.1) is 16.9 Å². The highest BCUT2D eigenvalue weighted by Gasteiger charge is 2.32. The summed E-state index contributed by atoms with van der Waals surface area (Å²) in [5.41, 5.74) is 18.6. The molecule has 0 spiro atoms. The molecule has 8 aromatic carbocycles. The summed E-state index contributed by atoms with van der Waals surface area (Å²) in [6.45, 7) is 13.6. The molecule has 5 nitrogen and oxygen atoms in total. The molecule has 1 aliphatic rings. The summed E-state index contributed by atoms with van der Waals surface area (Å²) in [7, 11) is 0.641. The molecular formula is C58H48BN3O2. The lowest BCUT2D eigenvalue weighted by atomic mass is 9.62. The second-order valence-corrected chi connectivity index (χ2v) is 19.5. The summed E-state index contributed by atoms with van der Waals surface area (Å²) >= 11 is 0. The average Bonchev–Trinajstić information content (AvgIpc) is 3.96. The first-order valence-corrected chi connectivity index (χ1v) is 22.4. The Morgan fingerprint density at radius 1 is 0.484 bits per heavy atom. The maximum absolute atomic E-state index is 6.98. The van der Waals surface area contributed by atoms with Gasteiger partial charge in [0.1, 0.15) is 16.7 Å². The van der Waals surface area contributed by atoms with Gasteiger partial charge >= 0.3 is 0 Å². The first kappa shape index (κ1) is 38.3. The minimum absolute atomic E-state index is 0.0249. The van der Waals surface area contributed by atoms with Gasteiger partial charge < -0.3 is 23.6 Å². The Labute approximate surface area is 373 Å². The number of anilines is 5. The van der Waals surface area contributed by atoms with E-state index in [0.717, 1.165) is 94.7 Å². The summed E-state index contributed by atoms with van der Waals surface area (Å²) in [5, 5.41) is 9.61. The predicted molar refractivity (Wildman–Crippen MR) is 271 cm³/mol. The van der Waals surface area contributed by atoms with E-state index in [1.165, 1.54) is 27.5 Å². The van der Waals surface area contributed by atoms with Crippen LogP contribution in [0.2, 0.25) is 0 Å². The number of furan rings is 2. The van der Waals surface area contributed by atoms with E-state index in [1.54, 1.807) is 0 Å². The monoisotopic (exact) mass is 829 g/mol. The van der Waals surface area contributed by atoms with Crippen LogP contribution in [0.3, 0.4) is 0 Å². The molecule has 310 valence electrons. The van der Waals surface area contributed by atoms with Crippen molar-refractivity contribution < 1.29 is 8.83 Å². The number of para-hydroxylation sites is 3. The van der Waals surface area contributed by atoms with E-state index in [0.29, 0.717) is 7.28 Å². The lowest BCUT2D eigenvalue weighted by Crippen LogP contribution is -2.36. The van der Waals surface area contributed by atoms with Gasteiger partial charge in [-0.1, -0.05) is 126 Å². The van der Waals surface area contributed by atoms with E-state index in [1.807, 2.05) is 6.07 Å². The van der Waals surface area contributed by atoms with Crippen molar-refractivity contribution in [2.45, 2.75) is 52.4 Å². The molecule has 1 aliphatic heterocycles. The molecular weight excluding hydrogens is 781 g/mol. The second kappa shape index (κ2) is 14.0. The molecule has 1 N–H and O–H groups in total. The molecule has 64 heavy (non-hydrogen) atoms. The minimum Gasteiger partial charge on any atom is -0.469 e. The molecule has 0 unspecified atom stereocenters. The first-order chi connectivity index (χ1) is 31.0. The third kappa shape index (κ3) is 6.07. The summed E-state index contributed by atoms with van der Waals surface area (Å²) in [6.07, 6.45) is 0. The summed E-state index contributed by atoms with van der Waals surface area (Å²) in [4.78, 5) is 2.34. The zero-order chi connectivity index (χ0) is 43.5. The van der Waals surface area contributed by atoms with Gasteiger partial charge in [0.2, 0.25) is 7.28 Å². The van der Waals surface area contributed by atoms with Crippen molar-refractivity contribution in [3.05, 3.63) is 181 Å². The van der Waals surface area contributed by atoms with E-state index in [2.05, 4.69) is 220 Å². The lowest BCUT2D eigenvalue weighted by Gasteiger charge is -2.27. The topological polar surface area (TPSA) is 46.5 Å². The van der Waals surface area contributed by atoms with Gasteiger partial charge in [0.15, 0.2) is 0 Å². The third-order valence-corrected chi connectivity index (χ3v) is 13.3. The highest BCUT2D eigenvalue weighted by Crippen LogP contribution is 2.45. The third-order valence-electron chi connectivity index (χ3n) is 13.3. The van der Waals surface area contributed by atoms with Gasteiger partial charge in [0.25, 0.3) is 0 Å². The Bertz CT molecular complexity index is 3580. The molecule has 0 aliphatic carbocycles. The summed E-state index contributed by atoms with van der Waals surface area (Å²) in [6, 6.07) is 61.4. The van der Waals surface area contributed by atoms with E-state index in [4.69, 9.17) is 8.83 Å². The van der Waals surface area contributed by atoms with Crippen LogP contribution >= 0.6 is 0 Å². The average molecular weight is 830 g/mol. The van der Waals surface area contributed by atoms with Crippen LogP contribution in [0.1, 0.15) is 52.7 Å². The number of aromatic nitrogens is 1. The summed E-state index contributed by atoms with van der Waals surface area (Å²) < 4.78 is 16.0. The van der Waals surface area contributed by atoms with Crippen LogP contribution in [0.25, 0.3) is 71.5 Å². The van der Waals surface area contributed by atoms with Crippen molar-refractivity contribution in [1.82, 2.24) is 4.57 Å². The molecule has 12 rings (SSSR count). The number of rotatable bonds is 6. The van der Waals surface area contributed by atoms with Crippen LogP contribution in [-0.4, -0.2) is 11.8 Å². The fraction of sp³-hybridized carbons (Fsp3) is 0.138. The van der Waals surface area contributed by atoms with Crippen molar-refractivity contribution in [2.24, 2.45) is 0 Å². The van der Waals surface area contributed by atoms with Gasteiger partial charge in [-0.25, -0.2) is 0 Å². The molecule has 0 saturated carbocycles. The van der Waals surface area contributed by atoms with Crippen molar-refractivity contribution in [3.8, 4) is 16.8 Å². The normalized spacial score (nSPS) is 12.7. The van der Waals surface area contributed by atoms with Crippen LogP contribution < -0.4 is 21.3 Å². The minimum atomic E-state index is -0.0249. The van der Waals surface area contributed by atoms with Crippen LogP contribution in [0.4, 0.5) is 28.4 Å². The molecule has 0 amide bonds. The molecule has 0 bridgehead atoms. The van der Waals surface area contributed by atoms with Gasteiger partial charge in [-0.3, -0.25) is 0 Å². The number of nitrogens with one attached hydrogen (secondary N) is 1. The Hall–Kier alpha value is -7.44. The fourth-order valence-electron chi connectivity index (χ4n) is 9.99. The summed E-state index contributed by atoms with van der Waals surface area (Å²) in [5.74, 6) is 0. The van der Waals surface area contributed by atoms with Crippen LogP contribution in [0.15, 0.2) is 179 Å². The van der Waals surface area contributed by atoms with Gasteiger partial charge in [-0.05, 0) is 118 Å². The van der Waals surface area contributed by atoms with Gasteiger partial charge in [-0.15, -0.1) is 0 Å².